The Morgan fingerprint density at radius 2 is 1.52 bits per heavy atom. The summed E-state index contributed by atoms with van der Waals surface area (Å²) in [5.41, 5.74) is 1.13. The second-order valence-corrected chi connectivity index (χ2v) is 9.46. The predicted molar refractivity (Wildman–Crippen MR) is 128 cm³/mol. The number of likely N-dealkylation sites (tertiary alicyclic amines) is 1. The molecule has 0 spiro atoms. The van der Waals surface area contributed by atoms with Crippen molar-refractivity contribution in [1.29, 1.82) is 0 Å². The summed E-state index contributed by atoms with van der Waals surface area (Å²) >= 11 is 0. The van der Waals surface area contributed by atoms with Crippen LogP contribution in [0.1, 0.15) is 33.1 Å². The number of imide groups is 1. The number of rotatable bonds is 7. The van der Waals surface area contributed by atoms with Crippen molar-refractivity contribution in [2.24, 2.45) is 11.8 Å². The molecule has 184 valence electrons. The molecule has 4 atom stereocenters. The van der Waals surface area contributed by atoms with E-state index in [-0.39, 0.29) is 43.2 Å². The molecule has 8 nitrogen and oxygen atoms in total. The molecule has 2 aliphatic heterocycles. The van der Waals surface area contributed by atoms with Crippen molar-refractivity contribution in [2.45, 2.75) is 51.4 Å². The number of carbonyl (C=O) groups excluding carboxylic acids is 2. The molecule has 1 aliphatic carbocycles. The van der Waals surface area contributed by atoms with E-state index < -0.39 is 24.0 Å². The van der Waals surface area contributed by atoms with Gasteiger partial charge in [-0.05, 0) is 51.8 Å². The van der Waals surface area contributed by atoms with E-state index in [2.05, 4.69) is 15.9 Å². The molecule has 2 amide bonds. The van der Waals surface area contributed by atoms with Gasteiger partial charge in [-0.1, -0.05) is 12.1 Å². The summed E-state index contributed by atoms with van der Waals surface area (Å²) in [6.45, 7) is 8.94. The number of carbonyl (C=O) groups is 2. The summed E-state index contributed by atoms with van der Waals surface area (Å²) in [6, 6.07) is 8.15. The Labute approximate surface area is 201 Å². The van der Waals surface area contributed by atoms with Gasteiger partial charge in [-0.2, -0.15) is 0 Å². The molecule has 2 heterocycles. The van der Waals surface area contributed by atoms with Crippen LogP contribution in [0.4, 0.5) is 5.69 Å². The second kappa shape index (κ2) is 11.0. The number of fused-ring (bicyclic) bond motifs is 1. The Kier molecular flexibility index (Phi) is 8.61. The number of aliphatic hydroxyl groups excluding tert-OH is 2. The van der Waals surface area contributed by atoms with Gasteiger partial charge >= 0.3 is 0 Å². The molecule has 1 saturated carbocycles. The first-order valence-electron chi connectivity index (χ1n) is 11.8. The van der Waals surface area contributed by atoms with E-state index in [0.29, 0.717) is 6.54 Å². The highest BCUT2D eigenvalue weighted by atomic mass is 35.5. The average molecular weight is 482 g/mol. The number of nitrogens with zero attached hydrogens (tertiary/aromatic N) is 3. The number of hydrogen-bond acceptors (Lipinski definition) is 7. The van der Waals surface area contributed by atoms with E-state index in [1.807, 2.05) is 32.0 Å². The number of para-hydroxylation sites is 2. The monoisotopic (exact) mass is 481 g/mol. The van der Waals surface area contributed by atoms with Gasteiger partial charge in [-0.3, -0.25) is 19.4 Å². The highest BCUT2D eigenvalue weighted by Crippen LogP contribution is 2.38. The molecular weight excluding hydrogens is 446 g/mol. The van der Waals surface area contributed by atoms with E-state index in [0.717, 1.165) is 50.6 Å². The van der Waals surface area contributed by atoms with Gasteiger partial charge in [0.05, 0.1) is 35.8 Å². The Morgan fingerprint density at radius 1 is 0.939 bits per heavy atom. The van der Waals surface area contributed by atoms with Crippen LogP contribution in [0.25, 0.3) is 0 Å². The fourth-order valence-electron chi connectivity index (χ4n) is 5.18. The number of amides is 2. The number of hydrogen-bond donors (Lipinski definition) is 2. The average Bonchev–Trinajstić information content (AvgIpc) is 2.99. The maximum atomic E-state index is 12.7. The third-order valence-corrected chi connectivity index (χ3v) is 6.88. The lowest BCUT2D eigenvalue weighted by molar-refractivity contribution is -0.140. The van der Waals surface area contributed by atoms with Gasteiger partial charge in [0, 0.05) is 32.7 Å². The lowest BCUT2D eigenvalue weighted by Crippen LogP contribution is -2.47. The fraction of sp³-hybridized carbons (Fsp3) is 0.667. The van der Waals surface area contributed by atoms with Crippen LogP contribution < -0.4 is 9.64 Å². The summed E-state index contributed by atoms with van der Waals surface area (Å²) in [5, 5.41) is 19.7. The SMILES string of the molecule is CC(C)Oc1ccccc1N1CCN(CCCN2C(=O)C3CC(O)C(O)CC3C2=O)CC1.Cl. The highest BCUT2D eigenvalue weighted by molar-refractivity contribution is 6.05. The van der Waals surface area contributed by atoms with Crippen LogP contribution in [-0.4, -0.2) is 89.4 Å². The third kappa shape index (κ3) is 5.62. The standard InChI is InChI=1S/C24H35N3O5.ClH/c1-16(2)32-22-7-4-3-6-19(22)26-12-10-25(11-13-26)8-5-9-27-23(30)17-14-20(28)21(29)15-18(17)24(27)31;/h3-4,6-7,16-18,20-21,28-29H,5,8-15H2,1-2H3;1H. The van der Waals surface area contributed by atoms with Gasteiger partial charge in [-0.15, -0.1) is 12.4 Å². The van der Waals surface area contributed by atoms with Crippen molar-refractivity contribution >= 4 is 29.9 Å². The van der Waals surface area contributed by atoms with E-state index >= 15 is 0 Å². The molecule has 1 aromatic rings. The summed E-state index contributed by atoms with van der Waals surface area (Å²) in [6.07, 6.45) is -0.618. The number of ether oxygens (including phenoxy) is 1. The summed E-state index contributed by atoms with van der Waals surface area (Å²) in [7, 11) is 0. The van der Waals surface area contributed by atoms with Crippen molar-refractivity contribution in [3.8, 4) is 5.75 Å². The highest BCUT2D eigenvalue weighted by Gasteiger charge is 2.51. The number of piperazine rings is 1. The molecule has 0 bridgehead atoms. The molecule has 0 radical (unpaired) electrons. The zero-order valence-electron chi connectivity index (χ0n) is 19.4. The van der Waals surface area contributed by atoms with Crippen LogP contribution in [0.5, 0.6) is 5.75 Å². The van der Waals surface area contributed by atoms with Crippen molar-refractivity contribution < 1.29 is 24.5 Å². The van der Waals surface area contributed by atoms with Gasteiger partial charge in [0.15, 0.2) is 0 Å². The smallest absolute Gasteiger partial charge is 0.233 e. The van der Waals surface area contributed by atoms with Gasteiger partial charge in [0.25, 0.3) is 0 Å². The van der Waals surface area contributed by atoms with E-state index in [9.17, 15) is 19.8 Å². The van der Waals surface area contributed by atoms with Crippen LogP contribution in [0, 0.1) is 11.8 Å². The molecule has 3 fully saturated rings. The maximum Gasteiger partial charge on any atom is 0.233 e. The minimum absolute atomic E-state index is 0. The largest absolute Gasteiger partial charge is 0.489 e. The van der Waals surface area contributed by atoms with E-state index in [1.165, 1.54) is 4.90 Å². The Bertz CT molecular complexity index is 802. The predicted octanol–water partition coefficient (Wildman–Crippen LogP) is 1.52. The molecule has 4 rings (SSSR count). The quantitative estimate of drug-likeness (QED) is 0.570. The van der Waals surface area contributed by atoms with Crippen LogP contribution >= 0.6 is 12.4 Å². The third-order valence-electron chi connectivity index (χ3n) is 6.88. The van der Waals surface area contributed by atoms with Gasteiger partial charge in [0.1, 0.15) is 5.75 Å². The Balaban J connectivity index is 0.00000306. The molecule has 33 heavy (non-hydrogen) atoms. The van der Waals surface area contributed by atoms with Crippen molar-refractivity contribution in [3.63, 3.8) is 0 Å². The summed E-state index contributed by atoms with van der Waals surface area (Å²) in [4.78, 5) is 31.4. The molecule has 9 heteroatoms. The molecule has 1 aromatic carbocycles. The molecular formula is C24H36ClN3O5. The molecule has 4 unspecified atom stereocenters. The first kappa shape index (κ1) is 25.7. The number of anilines is 1. The van der Waals surface area contributed by atoms with Crippen molar-refractivity contribution in [2.75, 3.05) is 44.2 Å². The van der Waals surface area contributed by atoms with Crippen LogP contribution in [-0.2, 0) is 9.59 Å². The van der Waals surface area contributed by atoms with Crippen LogP contribution in [0.15, 0.2) is 24.3 Å². The van der Waals surface area contributed by atoms with E-state index in [1.54, 1.807) is 0 Å². The number of halogens is 1. The zero-order valence-corrected chi connectivity index (χ0v) is 20.2. The lowest BCUT2D eigenvalue weighted by atomic mass is 9.78. The minimum atomic E-state index is -0.916. The minimum Gasteiger partial charge on any atom is -0.489 e. The first-order chi connectivity index (χ1) is 15.3. The molecule has 2 N–H and O–H groups in total. The fourth-order valence-corrected chi connectivity index (χ4v) is 5.18. The van der Waals surface area contributed by atoms with Crippen molar-refractivity contribution in [3.05, 3.63) is 24.3 Å². The van der Waals surface area contributed by atoms with Crippen molar-refractivity contribution in [1.82, 2.24) is 9.80 Å². The lowest BCUT2D eigenvalue weighted by Gasteiger charge is -2.37. The topological polar surface area (TPSA) is 93.6 Å². The van der Waals surface area contributed by atoms with Gasteiger partial charge in [0.2, 0.25) is 11.8 Å². The molecule has 3 aliphatic rings. The normalized spacial score (nSPS) is 28.2. The van der Waals surface area contributed by atoms with Crippen LogP contribution in [0.3, 0.4) is 0 Å². The summed E-state index contributed by atoms with van der Waals surface area (Å²) in [5.74, 6) is -0.399. The maximum absolute atomic E-state index is 12.7. The molecule has 0 aromatic heterocycles. The van der Waals surface area contributed by atoms with E-state index in [4.69, 9.17) is 4.74 Å². The van der Waals surface area contributed by atoms with Gasteiger partial charge in [-0.25, -0.2) is 0 Å². The second-order valence-electron chi connectivity index (χ2n) is 9.46. The van der Waals surface area contributed by atoms with Gasteiger partial charge < -0.3 is 19.8 Å². The first-order valence-corrected chi connectivity index (χ1v) is 11.8. The Morgan fingerprint density at radius 3 is 2.09 bits per heavy atom. The van der Waals surface area contributed by atoms with Crippen LogP contribution in [0.2, 0.25) is 0 Å². The number of aliphatic hydroxyl groups is 2. The Hall–Kier alpha value is -1.87. The summed E-state index contributed by atoms with van der Waals surface area (Å²) < 4.78 is 5.96. The molecule has 2 saturated heterocycles. The zero-order chi connectivity index (χ0) is 22.8. The number of benzene rings is 1.